The number of amides is 1. The molecular formula is C16H17N3O. The second-order valence-electron chi connectivity index (χ2n) is 5.15. The van der Waals surface area contributed by atoms with Gasteiger partial charge in [-0.3, -0.25) is 9.78 Å². The van der Waals surface area contributed by atoms with Crippen LogP contribution in [-0.2, 0) is 0 Å². The Hall–Kier alpha value is -2.36. The third-order valence-corrected chi connectivity index (χ3v) is 3.77. The highest BCUT2D eigenvalue weighted by molar-refractivity contribution is 5.94. The normalized spacial score (nSPS) is 18.2. The first-order valence-electron chi connectivity index (χ1n) is 6.79. The summed E-state index contributed by atoms with van der Waals surface area (Å²) in [6.07, 6.45) is 4.28. The topological polar surface area (TPSA) is 59.2 Å². The average Bonchev–Trinajstić information content (AvgIpc) is 2.97. The minimum atomic E-state index is 0.0597. The van der Waals surface area contributed by atoms with E-state index in [4.69, 9.17) is 5.73 Å². The van der Waals surface area contributed by atoms with E-state index in [1.54, 1.807) is 18.5 Å². The maximum atomic E-state index is 12.4. The minimum Gasteiger partial charge on any atom is -0.399 e. The molecule has 4 nitrogen and oxygen atoms in total. The van der Waals surface area contributed by atoms with Crippen molar-refractivity contribution in [2.45, 2.75) is 12.3 Å². The summed E-state index contributed by atoms with van der Waals surface area (Å²) in [7, 11) is 0. The summed E-state index contributed by atoms with van der Waals surface area (Å²) in [6, 6.07) is 11.5. The Balaban J connectivity index is 1.72. The van der Waals surface area contributed by atoms with Crippen LogP contribution in [0.5, 0.6) is 0 Å². The van der Waals surface area contributed by atoms with E-state index in [0.29, 0.717) is 11.5 Å². The van der Waals surface area contributed by atoms with E-state index in [0.717, 1.165) is 25.2 Å². The van der Waals surface area contributed by atoms with Crippen molar-refractivity contribution in [1.29, 1.82) is 0 Å². The summed E-state index contributed by atoms with van der Waals surface area (Å²) in [5.41, 5.74) is 8.47. The maximum absolute atomic E-state index is 12.4. The van der Waals surface area contributed by atoms with Crippen molar-refractivity contribution in [2.75, 3.05) is 18.8 Å². The van der Waals surface area contributed by atoms with Crippen LogP contribution in [0, 0.1) is 0 Å². The third-order valence-electron chi connectivity index (χ3n) is 3.77. The van der Waals surface area contributed by atoms with Crippen LogP contribution in [0.3, 0.4) is 0 Å². The molecule has 1 aromatic heterocycles. The van der Waals surface area contributed by atoms with Gasteiger partial charge in [0.05, 0.1) is 5.56 Å². The number of nitrogen functional groups attached to an aromatic ring is 1. The van der Waals surface area contributed by atoms with Gasteiger partial charge in [0, 0.05) is 37.1 Å². The van der Waals surface area contributed by atoms with E-state index in [1.165, 1.54) is 5.56 Å². The Labute approximate surface area is 118 Å². The minimum absolute atomic E-state index is 0.0597. The van der Waals surface area contributed by atoms with Gasteiger partial charge >= 0.3 is 0 Å². The lowest BCUT2D eigenvalue weighted by Gasteiger charge is -2.16. The van der Waals surface area contributed by atoms with Crippen LogP contribution in [0.15, 0.2) is 48.8 Å². The number of rotatable bonds is 2. The standard InChI is InChI=1S/C16H17N3O/c17-15-5-1-3-12(9-15)14-6-8-19(11-14)16(20)13-4-2-7-18-10-13/h1-5,7,9-10,14H,6,8,11,17H2. The van der Waals surface area contributed by atoms with Crippen LogP contribution in [0.2, 0.25) is 0 Å². The van der Waals surface area contributed by atoms with Crippen molar-refractivity contribution in [3.05, 3.63) is 59.9 Å². The van der Waals surface area contributed by atoms with E-state index < -0.39 is 0 Å². The third kappa shape index (κ3) is 2.50. The highest BCUT2D eigenvalue weighted by Gasteiger charge is 2.27. The van der Waals surface area contributed by atoms with E-state index in [2.05, 4.69) is 11.1 Å². The van der Waals surface area contributed by atoms with Crippen molar-refractivity contribution in [3.63, 3.8) is 0 Å². The molecule has 1 aliphatic heterocycles. The van der Waals surface area contributed by atoms with Crippen LogP contribution in [-0.4, -0.2) is 28.9 Å². The Bertz CT molecular complexity index is 612. The molecule has 0 saturated carbocycles. The number of nitrogens with zero attached hydrogens (tertiary/aromatic N) is 2. The Morgan fingerprint density at radius 2 is 2.20 bits per heavy atom. The van der Waals surface area contributed by atoms with Gasteiger partial charge in [0.1, 0.15) is 0 Å². The first-order valence-corrected chi connectivity index (χ1v) is 6.79. The van der Waals surface area contributed by atoms with Crippen LogP contribution in [0.1, 0.15) is 28.3 Å². The van der Waals surface area contributed by atoms with Gasteiger partial charge in [0.15, 0.2) is 0 Å². The first-order chi connectivity index (χ1) is 9.74. The summed E-state index contributed by atoms with van der Waals surface area (Å²) < 4.78 is 0. The van der Waals surface area contributed by atoms with Crippen molar-refractivity contribution < 1.29 is 4.79 Å². The van der Waals surface area contributed by atoms with Gasteiger partial charge in [-0.1, -0.05) is 12.1 Å². The number of benzene rings is 1. The monoisotopic (exact) mass is 267 g/mol. The van der Waals surface area contributed by atoms with Crippen molar-refractivity contribution in [2.24, 2.45) is 0 Å². The maximum Gasteiger partial charge on any atom is 0.255 e. The second-order valence-corrected chi connectivity index (χ2v) is 5.15. The average molecular weight is 267 g/mol. The predicted octanol–water partition coefficient (Wildman–Crippen LogP) is 2.29. The lowest BCUT2D eigenvalue weighted by atomic mass is 9.98. The van der Waals surface area contributed by atoms with Crippen molar-refractivity contribution in [3.8, 4) is 0 Å². The molecule has 20 heavy (non-hydrogen) atoms. The van der Waals surface area contributed by atoms with Gasteiger partial charge < -0.3 is 10.6 Å². The fourth-order valence-electron chi connectivity index (χ4n) is 2.70. The number of aromatic nitrogens is 1. The molecule has 1 saturated heterocycles. The van der Waals surface area contributed by atoms with Crippen LogP contribution >= 0.6 is 0 Å². The molecule has 0 spiro atoms. The molecule has 2 aromatic rings. The molecule has 1 atom stereocenters. The van der Waals surface area contributed by atoms with Crippen LogP contribution in [0.4, 0.5) is 5.69 Å². The molecule has 1 unspecified atom stereocenters. The molecule has 2 N–H and O–H groups in total. The molecule has 4 heteroatoms. The van der Waals surface area contributed by atoms with Crippen LogP contribution in [0.25, 0.3) is 0 Å². The lowest BCUT2D eigenvalue weighted by molar-refractivity contribution is 0.0790. The highest BCUT2D eigenvalue weighted by Crippen LogP contribution is 2.28. The number of carbonyl (C=O) groups is 1. The van der Waals surface area contributed by atoms with E-state index in [-0.39, 0.29) is 5.91 Å². The zero-order valence-electron chi connectivity index (χ0n) is 11.2. The molecule has 3 rings (SSSR count). The molecule has 0 radical (unpaired) electrons. The number of hydrogen-bond donors (Lipinski definition) is 1. The van der Waals surface area contributed by atoms with E-state index >= 15 is 0 Å². The van der Waals surface area contributed by atoms with Crippen molar-refractivity contribution in [1.82, 2.24) is 9.88 Å². The fraction of sp³-hybridized carbons (Fsp3) is 0.250. The zero-order chi connectivity index (χ0) is 13.9. The summed E-state index contributed by atoms with van der Waals surface area (Å²) in [5, 5.41) is 0. The predicted molar refractivity (Wildman–Crippen MR) is 78.4 cm³/mol. The number of hydrogen-bond acceptors (Lipinski definition) is 3. The number of carbonyl (C=O) groups excluding carboxylic acids is 1. The Morgan fingerprint density at radius 1 is 1.30 bits per heavy atom. The number of anilines is 1. The lowest BCUT2D eigenvalue weighted by Crippen LogP contribution is -2.28. The molecule has 102 valence electrons. The molecule has 2 heterocycles. The summed E-state index contributed by atoms with van der Waals surface area (Å²) in [4.78, 5) is 18.2. The number of pyridine rings is 1. The number of likely N-dealkylation sites (tertiary alicyclic amines) is 1. The van der Waals surface area contributed by atoms with Gasteiger partial charge in [0.25, 0.3) is 5.91 Å². The van der Waals surface area contributed by atoms with Crippen molar-refractivity contribution >= 4 is 11.6 Å². The zero-order valence-corrected chi connectivity index (χ0v) is 11.2. The quantitative estimate of drug-likeness (QED) is 0.849. The largest absolute Gasteiger partial charge is 0.399 e. The SMILES string of the molecule is Nc1cccc(C2CCN(C(=O)c3cccnc3)C2)c1. The molecule has 0 aliphatic carbocycles. The van der Waals surface area contributed by atoms with Gasteiger partial charge in [0.2, 0.25) is 0 Å². The molecule has 1 amide bonds. The van der Waals surface area contributed by atoms with Crippen LogP contribution < -0.4 is 5.73 Å². The summed E-state index contributed by atoms with van der Waals surface area (Å²) in [5.74, 6) is 0.434. The summed E-state index contributed by atoms with van der Waals surface area (Å²) >= 11 is 0. The fourth-order valence-corrected chi connectivity index (χ4v) is 2.70. The van der Waals surface area contributed by atoms with Gasteiger partial charge in [-0.05, 0) is 36.2 Å². The first kappa shape index (κ1) is 12.7. The Morgan fingerprint density at radius 3 is 2.95 bits per heavy atom. The molecule has 0 bridgehead atoms. The second kappa shape index (κ2) is 5.33. The molecule has 1 fully saturated rings. The van der Waals surface area contributed by atoms with Gasteiger partial charge in [-0.15, -0.1) is 0 Å². The highest BCUT2D eigenvalue weighted by atomic mass is 16.2. The molecule has 1 aliphatic rings. The number of nitrogens with two attached hydrogens (primary N) is 1. The van der Waals surface area contributed by atoms with E-state index in [1.807, 2.05) is 29.2 Å². The Kier molecular flexibility index (Phi) is 3.37. The molecular weight excluding hydrogens is 250 g/mol. The smallest absolute Gasteiger partial charge is 0.255 e. The van der Waals surface area contributed by atoms with E-state index in [9.17, 15) is 4.79 Å². The summed E-state index contributed by atoms with van der Waals surface area (Å²) in [6.45, 7) is 1.53. The van der Waals surface area contributed by atoms with Gasteiger partial charge in [-0.25, -0.2) is 0 Å². The van der Waals surface area contributed by atoms with Gasteiger partial charge in [-0.2, -0.15) is 0 Å². The molecule has 1 aromatic carbocycles.